The topological polar surface area (TPSA) is 130 Å². The van der Waals surface area contributed by atoms with Gasteiger partial charge in [0.25, 0.3) is 10.0 Å². The molecule has 0 aliphatic heterocycles. The molecule has 2 aromatic rings. The number of halogens is 1. The van der Waals surface area contributed by atoms with Crippen molar-refractivity contribution in [3.8, 4) is 5.75 Å². The Balaban J connectivity index is 2.19. The highest BCUT2D eigenvalue weighted by Gasteiger charge is 2.20. The summed E-state index contributed by atoms with van der Waals surface area (Å²) >= 11 is 0. The molecule has 2 aromatic carbocycles. The zero-order valence-corrected chi connectivity index (χ0v) is 15.6. The fraction of sp³-hybridized carbons (Fsp3) is 0.222. The van der Waals surface area contributed by atoms with E-state index in [1.165, 1.54) is 12.1 Å². The van der Waals surface area contributed by atoms with E-state index >= 15 is 0 Å². The summed E-state index contributed by atoms with van der Waals surface area (Å²) in [6.07, 6.45) is 0.0300. The van der Waals surface area contributed by atoms with Gasteiger partial charge >= 0.3 is 11.9 Å². The summed E-state index contributed by atoms with van der Waals surface area (Å²) in [5, 5.41) is 17.8. The largest absolute Gasteiger partial charge is 0.491 e. The molecule has 28 heavy (non-hydrogen) atoms. The van der Waals surface area contributed by atoms with Gasteiger partial charge in [-0.2, -0.15) is 0 Å². The maximum atomic E-state index is 14.1. The Hall–Kier alpha value is -3.14. The molecule has 2 rings (SSSR count). The average Bonchev–Trinajstić information content (AvgIpc) is 2.60. The van der Waals surface area contributed by atoms with Crippen molar-refractivity contribution in [2.75, 3.05) is 11.3 Å². The van der Waals surface area contributed by atoms with Gasteiger partial charge in [-0.25, -0.2) is 17.6 Å². The number of ether oxygens (including phenoxy) is 1. The number of rotatable bonds is 9. The summed E-state index contributed by atoms with van der Waals surface area (Å²) < 4.78 is 46.4. The van der Waals surface area contributed by atoms with Crippen LogP contribution in [-0.2, 0) is 14.8 Å². The maximum absolute atomic E-state index is 14.1. The zero-order chi connectivity index (χ0) is 20.9. The van der Waals surface area contributed by atoms with Crippen LogP contribution in [0.2, 0.25) is 0 Å². The van der Waals surface area contributed by atoms with Gasteiger partial charge in [0.2, 0.25) is 0 Å². The predicted molar refractivity (Wildman–Crippen MR) is 97.7 cm³/mol. The number of aliphatic carboxylic acids is 1. The molecular formula is C18H18FNO7S. The van der Waals surface area contributed by atoms with Crippen molar-refractivity contribution in [2.45, 2.75) is 24.7 Å². The first-order chi connectivity index (χ1) is 13.1. The van der Waals surface area contributed by atoms with E-state index in [2.05, 4.69) is 4.72 Å². The fourth-order valence-corrected chi connectivity index (χ4v) is 3.39. The van der Waals surface area contributed by atoms with Crippen LogP contribution in [-0.4, -0.2) is 37.2 Å². The normalized spacial score (nSPS) is 11.1. The molecule has 150 valence electrons. The molecular weight excluding hydrogens is 393 g/mol. The van der Waals surface area contributed by atoms with Crippen LogP contribution >= 0.6 is 0 Å². The Morgan fingerprint density at radius 1 is 1.14 bits per heavy atom. The van der Waals surface area contributed by atoms with Gasteiger partial charge in [0.15, 0.2) is 11.6 Å². The molecule has 0 atom stereocenters. The number of nitrogens with one attached hydrogen (secondary N) is 1. The van der Waals surface area contributed by atoms with Crippen LogP contribution < -0.4 is 9.46 Å². The molecule has 0 amide bonds. The molecule has 0 aromatic heterocycles. The van der Waals surface area contributed by atoms with Crippen LogP contribution in [0.5, 0.6) is 5.75 Å². The number of hydrogen-bond donors (Lipinski definition) is 3. The van der Waals surface area contributed by atoms with Crippen molar-refractivity contribution in [2.24, 2.45) is 0 Å². The molecule has 3 N–H and O–H groups in total. The number of anilines is 1. The fourth-order valence-electron chi connectivity index (χ4n) is 2.30. The Kier molecular flexibility index (Phi) is 6.57. The maximum Gasteiger partial charge on any atom is 0.337 e. The highest BCUT2D eigenvalue weighted by molar-refractivity contribution is 7.92. The SMILES string of the molecule is Cc1ccc(NS(=O)(=O)c2ccc(OCCCC(=O)O)c(F)c2)c(C(=O)O)c1. The van der Waals surface area contributed by atoms with E-state index in [0.29, 0.717) is 5.56 Å². The summed E-state index contributed by atoms with van der Waals surface area (Å²) in [6.45, 7) is 1.62. The third-order valence-electron chi connectivity index (χ3n) is 3.66. The lowest BCUT2D eigenvalue weighted by Gasteiger charge is -2.12. The first-order valence-electron chi connectivity index (χ1n) is 8.11. The minimum Gasteiger partial charge on any atom is -0.491 e. The van der Waals surface area contributed by atoms with Gasteiger partial charge in [0, 0.05) is 6.42 Å². The molecule has 0 unspecified atom stereocenters. The van der Waals surface area contributed by atoms with Crippen molar-refractivity contribution < 1.29 is 37.3 Å². The van der Waals surface area contributed by atoms with Crippen LogP contribution in [0, 0.1) is 12.7 Å². The second-order valence-corrected chi connectivity index (χ2v) is 7.58. The Labute approximate surface area is 160 Å². The summed E-state index contributed by atoms with van der Waals surface area (Å²) in [4.78, 5) is 21.3. The number of carboxylic acids is 2. The standard InChI is InChI=1S/C18H18FNO7S/c1-11-4-6-15(13(9-11)18(23)24)20-28(25,26)12-5-7-16(14(19)10-12)27-8-2-3-17(21)22/h4-7,9-10,20H,2-3,8H2,1H3,(H,21,22)(H,23,24). The van der Waals surface area contributed by atoms with Crippen LogP contribution in [0.3, 0.4) is 0 Å². The third-order valence-corrected chi connectivity index (χ3v) is 5.02. The van der Waals surface area contributed by atoms with Crippen LogP contribution in [0.4, 0.5) is 10.1 Å². The second-order valence-electron chi connectivity index (χ2n) is 5.90. The molecule has 8 nitrogen and oxygen atoms in total. The second kappa shape index (κ2) is 8.70. The molecule has 0 heterocycles. The first kappa shape index (κ1) is 21.2. The smallest absolute Gasteiger partial charge is 0.337 e. The van der Waals surface area contributed by atoms with Crippen molar-refractivity contribution >= 4 is 27.6 Å². The van der Waals surface area contributed by atoms with E-state index < -0.39 is 32.7 Å². The van der Waals surface area contributed by atoms with Gasteiger partial charge in [-0.1, -0.05) is 11.6 Å². The minimum atomic E-state index is -4.24. The van der Waals surface area contributed by atoms with Crippen molar-refractivity contribution in [3.05, 3.63) is 53.3 Å². The molecule has 0 radical (unpaired) electrons. The van der Waals surface area contributed by atoms with E-state index in [9.17, 15) is 27.5 Å². The summed E-state index contributed by atoms with van der Waals surface area (Å²) in [7, 11) is -4.24. The Bertz CT molecular complexity index is 1000. The number of sulfonamides is 1. The van der Waals surface area contributed by atoms with E-state index in [-0.39, 0.29) is 36.4 Å². The average molecular weight is 411 g/mol. The molecule has 0 fully saturated rings. The zero-order valence-electron chi connectivity index (χ0n) is 14.8. The lowest BCUT2D eigenvalue weighted by Crippen LogP contribution is -2.16. The summed E-state index contributed by atoms with van der Waals surface area (Å²) in [5.74, 6) is -3.47. The van der Waals surface area contributed by atoms with E-state index in [1.807, 2.05) is 0 Å². The minimum absolute atomic E-state index is 0.0428. The van der Waals surface area contributed by atoms with Gasteiger partial charge in [0.1, 0.15) is 0 Å². The highest BCUT2D eigenvalue weighted by Crippen LogP contribution is 2.25. The molecule has 10 heteroatoms. The summed E-state index contributed by atoms with van der Waals surface area (Å²) in [6, 6.07) is 7.12. The van der Waals surface area contributed by atoms with Crippen molar-refractivity contribution in [1.82, 2.24) is 0 Å². The van der Waals surface area contributed by atoms with E-state index in [4.69, 9.17) is 9.84 Å². The quantitative estimate of drug-likeness (QED) is 0.541. The summed E-state index contributed by atoms with van der Waals surface area (Å²) in [5.41, 5.74) is 0.255. The molecule has 0 saturated carbocycles. The molecule has 0 aliphatic carbocycles. The van der Waals surface area contributed by atoms with Crippen LogP contribution in [0.1, 0.15) is 28.8 Å². The van der Waals surface area contributed by atoms with E-state index in [0.717, 1.165) is 18.2 Å². The predicted octanol–water partition coefficient (Wildman–Crippen LogP) is 2.88. The third kappa shape index (κ3) is 5.43. The van der Waals surface area contributed by atoms with Crippen LogP contribution in [0.25, 0.3) is 0 Å². The molecule has 0 saturated heterocycles. The highest BCUT2D eigenvalue weighted by atomic mass is 32.2. The monoisotopic (exact) mass is 411 g/mol. The molecule has 0 spiro atoms. The van der Waals surface area contributed by atoms with E-state index in [1.54, 1.807) is 13.0 Å². The van der Waals surface area contributed by atoms with Gasteiger partial charge < -0.3 is 14.9 Å². The van der Waals surface area contributed by atoms with Gasteiger partial charge in [0.05, 0.1) is 22.8 Å². The lowest BCUT2D eigenvalue weighted by molar-refractivity contribution is -0.137. The Morgan fingerprint density at radius 3 is 2.46 bits per heavy atom. The Morgan fingerprint density at radius 2 is 1.86 bits per heavy atom. The van der Waals surface area contributed by atoms with Gasteiger partial charge in [-0.05, 0) is 43.7 Å². The van der Waals surface area contributed by atoms with Crippen LogP contribution in [0.15, 0.2) is 41.3 Å². The van der Waals surface area contributed by atoms with Crippen molar-refractivity contribution in [3.63, 3.8) is 0 Å². The molecule has 0 aliphatic rings. The first-order valence-corrected chi connectivity index (χ1v) is 9.59. The van der Waals surface area contributed by atoms with Gasteiger partial charge in [-0.15, -0.1) is 0 Å². The number of benzene rings is 2. The van der Waals surface area contributed by atoms with Gasteiger partial charge in [-0.3, -0.25) is 9.52 Å². The number of aromatic carboxylic acids is 1. The number of carboxylic acid groups (broad SMARTS) is 2. The number of aryl methyl sites for hydroxylation is 1. The lowest BCUT2D eigenvalue weighted by atomic mass is 10.1. The molecule has 0 bridgehead atoms. The number of hydrogen-bond acceptors (Lipinski definition) is 5. The number of carbonyl (C=O) groups is 2. The van der Waals surface area contributed by atoms with Crippen molar-refractivity contribution in [1.29, 1.82) is 0 Å².